The van der Waals surface area contributed by atoms with Crippen LogP contribution in [-0.4, -0.2) is 23.0 Å². The molecule has 0 aromatic carbocycles. The number of nitrogens with zero attached hydrogens (tertiary/aromatic N) is 1. The Balaban J connectivity index is 1.73. The Bertz CT molecular complexity index is 225. The van der Waals surface area contributed by atoms with E-state index < -0.39 is 0 Å². The van der Waals surface area contributed by atoms with Gasteiger partial charge >= 0.3 is 0 Å². The fraction of sp³-hybridized carbons (Fsp3) is 0.889. The highest BCUT2D eigenvalue weighted by atomic mass is 16.2. The van der Waals surface area contributed by atoms with E-state index in [0.29, 0.717) is 23.9 Å². The molecule has 3 fully saturated rings. The van der Waals surface area contributed by atoms with Crippen LogP contribution in [0.15, 0.2) is 0 Å². The summed E-state index contributed by atoms with van der Waals surface area (Å²) in [7, 11) is 0. The van der Waals surface area contributed by atoms with Gasteiger partial charge in [-0.2, -0.15) is 0 Å². The highest BCUT2D eigenvalue weighted by Crippen LogP contribution is 2.36. The summed E-state index contributed by atoms with van der Waals surface area (Å²) in [5, 5.41) is 1.92. The summed E-state index contributed by atoms with van der Waals surface area (Å²) in [4.78, 5) is 11.7. The van der Waals surface area contributed by atoms with Gasteiger partial charge in [-0.3, -0.25) is 9.80 Å². The lowest BCUT2D eigenvalue weighted by Crippen LogP contribution is -2.47. The molecule has 1 saturated heterocycles. The number of rotatable bonds is 1. The quantitative estimate of drug-likeness (QED) is 0.620. The average Bonchev–Trinajstić information content (AvgIpc) is 2.73. The summed E-state index contributed by atoms with van der Waals surface area (Å²) >= 11 is 0. The number of carbonyl (C=O) groups excluding carboxylic acids is 1. The van der Waals surface area contributed by atoms with Crippen molar-refractivity contribution < 1.29 is 4.79 Å². The van der Waals surface area contributed by atoms with Crippen molar-refractivity contribution in [1.82, 2.24) is 10.4 Å². The van der Waals surface area contributed by atoms with Gasteiger partial charge in [0.15, 0.2) is 0 Å². The number of amides is 1. The Morgan fingerprint density at radius 3 is 2.58 bits per heavy atom. The molecule has 2 bridgehead atoms. The number of carbonyl (C=O) groups is 1. The Labute approximate surface area is 72.1 Å². The van der Waals surface area contributed by atoms with E-state index in [0.717, 1.165) is 12.8 Å². The molecular weight excluding hydrogens is 152 g/mol. The van der Waals surface area contributed by atoms with Gasteiger partial charge in [0, 0.05) is 18.0 Å². The van der Waals surface area contributed by atoms with Crippen LogP contribution in [0.2, 0.25) is 0 Å². The van der Waals surface area contributed by atoms with Crippen LogP contribution in [-0.2, 0) is 4.79 Å². The van der Waals surface area contributed by atoms with Crippen molar-refractivity contribution in [2.75, 3.05) is 0 Å². The normalized spacial score (nSPS) is 39.2. The first-order valence-corrected chi connectivity index (χ1v) is 4.94. The van der Waals surface area contributed by atoms with E-state index in [1.54, 1.807) is 0 Å². The fourth-order valence-corrected chi connectivity index (χ4v) is 2.38. The third kappa shape index (κ3) is 0.891. The smallest absolute Gasteiger partial charge is 0.240 e. The molecule has 2 saturated carbocycles. The maximum atomic E-state index is 11.7. The van der Waals surface area contributed by atoms with Crippen molar-refractivity contribution in [2.45, 2.75) is 44.2 Å². The molecular formula is C9H14N2O. The van der Waals surface area contributed by atoms with Crippen molar-refractivity contribution >= 4 is 5.91 Å². The van der Waals surface area contributed by atoms with Gasteiger partial charge < -0.3 is 0 Å². The first-order chi connectivity index (χ1) is 5.84. The molecule has 3 nitrogen and oxygen atoms in total. The summed E-state index contributed by atoms with van der Waals surface area (Å²) in [6, 6.07) is 1.14. The first-order valence-electron chi connectivity index (χ1n) is 4.94. The molecule has 0 spiro atoms. The van der Waals surface area contributed by atoms with E-state index in [9.17, 15) is 4.79 Å². The molecule has 66 valence electrons. The third-order valence-electron chi connectivity index (χ3n) is 3.26. The summed E-state index contributed by atoms with van der Waals surface area (Å²) < 4.78 is 0. The summed E-state index contributed by atoms with van der Waals surface area (Å²) in [6.07, 6.45) is 5.91. The van der Waals surface area contributed by atoms with Gasteiger partial charge in [-0.25, -0.2) is 5.43 Å². The molecule has 2 atom stereocenters. The van der Waals surface area contributed by atoms with Crippen molar-refractivity contribution in [3.63, 3.8) is 0 Å². The zero-order valence-electron chi connectivity index (χ0n) is 7.12. The Hall–Kier alpha value is -0.570. The summed E-state index contributed by atoms with van der Waals surface area (Å²) in [6.45, 7) is 0. The van der Waals surface area contributed by atoms with Crippen molar-refractivity contribution in [1.29, 1.82) is 0 Å². The topological polar surface area (TPSA) is 32.3 Å². The largest absolute Gasteiger partial charge is 0.274 e. The molecule has 0 radical (unpaired) electrons. The Morgan fingerprint density at radius 2 is 2.08 bits per heavy atom. The minimum atomic E-state index is 0.363. The lowest BCUT2D eigenvalue weighted by Gasteiger charge is -2.27. The molecule has 0 aromatic rings. The van der Waals surface area contributed by atoms with E-state index in [-0.39, 0.29) is 0 Å². The van der Waals surface area contributed by atoms with Gasteiger partial charge in [0.25, 0.3) is 0 Å². The lowest BCUT2D eigenvalue weighted by atomic mass is 10.2. The highest BCUT2D eigenvalue weighted by Gasteiger charge is 2.44. The van der Waals surface area contributed by atoms with E-state index in [4.69, 9.17) is 0 Å². The van der Waals surface area contributed by atoms with Crippen LogP contribution < -0.4 is 5.43 Å². The number of hydrazine groups is 1. The SMILES string of the molecule is O=C(C1CC1)N1NC2CCC1C2. The van der Waals surface area contributed by atoms with Crippen molar-refractivity contribution in [3.05, 3.63) is 0 Å². The number of fused-ring (bicyclic) bond motifs is 2. The molecule has 3 heteroatoms. The van der Waals surface area contributed by atoms with Gasteiger partial charge in [0.05, 0.1) is 0 Å². The Morgan fingerprint density at radius 1 is 1.25 bits per heavy atom. The molecule has 1 N–H and O–H groups in total. The molecule has 12 heavy (non-hydrogen) atoms. The average molecular weight is 166 g/mol. The van der Waals surface area contributed by atoms with Crippen LogP contribution in [0.4, 0.5) is 0 Å². The Kier molecular flexibility index (Phi) is 1.28. The van der Waals surface area contributed by atoms with E-state index >= 15 is 0 Å². The van der Waals surface area contributed by atoms with Crippen LogP contribution in [0, 0.1) is 5.92 Å². The summed E-state index contributed by atoms with van der Waals surface area (Å²) in [5.74, 6) is 0.735. The highest BCUT2D eigenvalue weighted by molar-refractivity contribution is 5.81. The van der Waals surface area contributed by atoms with E-state index in [2.05, 4.69) is 5.43 Å². The van der Waals surface area contributed by atoms with Gasteiger partial charge in [-0.15, -0.1) is 0 Å². The van der Waals surface area contributed by atoms with Gasteiger partial charge in [0.2, 0.25) is 5.91 Å². The third-order valence-corrected chi connectivity index (χ3v) is 3.26. The maximum absolute atomic E-state index is 11.7. The molecule has 1 aliphatic heterocycles. The fourth-order valence-electron chi connectivity index (χ4n) is 2.38. The molecule has 3 rings (SSSR count). The second kappa shape index (κ2) is 2.22. The van der Waals surface area contributed by atoms with E-state index in [1.807, 2.05) is 5.01 Å². The minimum absolute atomic E-state index is 0.363. The molecule has 2 aliphatic carbocycles. The monoisotopic (exact) mass is 166 g/mol. The maximum Gasteiger partial charge on any atom is 0.240 e. The van der Waals surface area contributed by atoms with Gasteiger partial charge in [-0.1, -0.05) is 0 Å². The zero-order chi connectivity index (χ0) is 8.13. The second-order valence-corrected chi connectivity index (χ2v) is 4.28. The van der Waals surface area contributed by atoms with Crippen molar-refractivity contribution in [2.24, 2.45) is 5.92 Å². The number of hydrogen-bond acceptors (Lipinski definition) is 2. The standard InChI is InChI=1S/C9H14N2O/c12-9(6-1-2-6)11-8-4-3-7(5-8)10-11/h6-8,10H,1-5H2. The minimum Gasteiger partial charge on any atom is -0.274 e. The molecule has 1 amide bonds. The zero-order valence-corrected chi connectivity index (χ0v) is 7.12. The van der Waals surface area contributed by atoms with Gasteiger partial charge in [0.1, 0.15) is 0 Å². The second-order valence-electron chi connectivity index (χ2n) is 4.28. The predicted molar refractivity (Wildman–Crippen MR) is 44.1 cm³/mol. The van der Waals surface area contributed by atoms with Crippen molar-refractivity contribution in [3.8, 4) is 0 Å². The molecule has 1 heterocycles. The van der Waals surface area contributed by atoms with Crippen LogP contribution in [0.3, 0.4) is 0 Å². The number of hydrogen-bond donors (Lipinski definition) is 1. The molecule has 0 aromatic heterocycles. The van der Waals surface area contributed by atoms with Crippen LogP contribution in [0.5, 0.6) is 0 Å². The predicted octanol–water partition coefficient (Wildman–Crippen LogP) is 0.664. The molecule has 2 unspecified atom stereocenters. The van der Waals surface area contributed by atoms with Crippen LogP contribution in [0.1, 0.15) is 32.1 Å². The lowest BCUT2D eigenvalue weighted by molar-refractivity contribution is -0.137. The van der Waals surface area contributed by atoms with E-state index in [1.165, 1.54) is 19.3 Å². The van der Waals surface area contributed by atoms with Gasteiger partial charge in [-0.05, 0) is 32.1 Å². The number of nitrogens with one attached hydrogen (secondary N) is 1. The van der Waals surface area contributed by atoms with Crippen LogP contribution >= 0.6 is 0 Å². The molecule has 3 aliphatic rings. The van der Waals surface area contributed by atoms with Crippen LogP contribution in [0.25, 0.3) is 0 Å². The first kappa shape index (κ1) is 6.89. The summed E-state index contributed by atoms with van der Waals surface area (Å²) in [5.41, 5.74) is 3.30.